The normalized spacial score (nSPS) is 22.5. The molecule has 0 saturated carbocycles. The average Bonchev–Trinajstić information content (AvgIpc) is 2.86. The zero-order valence-corrected chi connectivity index (χ0v) is 9.69. The van der Waals surface area contributed by atoms with Gasteiger partial charge in [-0.05, 0) is 12.1 Å². The van der Waals surface area contributed by atoms with Crippen LogP contribution in [0.2, 0.25) is 0 Å². The Bertz CT molecular complexity index is 415. The first-order valence-corrected chi connectivity index (χ1v) is 5.69. The van der Waals surface area contributed by atoms with E-state index < -0.39 is 0 Å². The van der Waals surface area contributed by atoms with E-state index in [4.69, 9.17) is 18.9 Å². The molecule has 0 amide bonds. The molecule has 0 aromatic heterocycles. The zero-order valence-electron chi connectivity index (χ0n) is 9.69. The molecule has 1 fully saturated rings. The number of ether oxygens (including phenoxy) is 4. The van der Waals surface area contributed by atoms with Gasteiger partial charge in [0.2, 0.25) is 6.79 Å². The summed E-state index contributed by atoms with van der Waals surface area (Å²) in [4.78, 5) is 0. The van der Waals surface area contributed by atoms with Gasteiger partial charge in [0, 0.05) is 13.1 Å². The lowest BCUT2D eigenvalue weighted by Gasteiger charge is -2.26. The highest BCUT2D eigenvalue weighted by Crippen LogP contribution is 2.45. The molecule has 1 aromatic carbocycles. The van der Waals surface area contributed by atoms with Crippen molar-refractivity contribution in [1.29, 1.82) is 0 Å². The predicted octanol–water partition coefficient (Wildman–Crippen LogP) is 1.08. The molecule has 0 aliphatic carbocycles. The third kappa shape index (κ3) is 1.81. The Balaban J connectivity index is 2.02. The van der Waals surface area contributed by atoms with Gasteiger partial charge in [-0.1, -0.05) is 0 Å². The molecule has 2 aliphatic heterocycles. The van der Waals surface area contributed by atoms with Crippen LogP contribution in [0.5, 0.6) is 17.2 Å². The Kier molecular flexibility index (Phi) is 2.78. The molecule has 1 N–H and O–H groups in total. The fraction of sp³-hybridized carbons (Fsp3) is 0.500. The number of hydrogen-bond acceptors (Lipinski definition) is 5. The highest BCUT2D eigenvalue weighted by Gasteiger charge is 2.29. The van der Waals surface area contributed by atoms with Crippen LogP contribution in [-0.2, 0) is 4.74 Å². The van der Waals surface area contributed by atoms with Crippen molar-refractivity contribution in [2.24, 2.45) is 0 Å². The fourth-order valence-corrected chi connectivity index (χ4v) is 2.21. The third-order valence-corrected chi connectivity index (χ3v) is 3.01. The second-order valence-corrected chi connectivity index (χ2v) is 3.98. The summed E-state index contributed by atoms with van der Waals surface area (Å²) < 4.78 is 22.0. The van der Waals surface area contributed by atoms with E-state index in [0.29, 0.717) is 6.61 Å². The van der Waals surface area contributed by atoms with Gasteiger partial charge in [0.1, 0.15) is 11.9 Å². The van der Waals surface area contributed by atoms with E-state index in [1.807, 2.05) is 12.1 Å². The second kappa shape index (κ2) is 4.43. The molecular formula is C12H15NO4. The summed E-state index contributed by atoms with van der Waals surface area (Å²) in [5.74, 6) is 2.29. The van der Waals surface area contributed by atoms with Crippen molar-refractivity contribution in [3.05, 3.63) is 17.7 Å². The first kappa shape index (κ1) is 10.7. The molecule has 1 unspecified atom stereocenters. The molecule has 5 nitrogen and oxygen atoms in total. The highest BCUT2D eigenvalue weighted by molar-refractivity contribution is 5.56. The van der Waals surface area contributed by atoms with Gasteiger partial charge in [-0.3, -0.25) is 0 Å². The summed E-state index contributed by atoms with van der Waals surface area (Å²) in [6, 6.07) is 3.75. The maximum absolute atomic E-state index is 5.75. The minimum atomic E-state index is -0.0460. The van der Waals surface area contributed by atoms with Gasteiger partial charge in [0.05, 0.1) is 19.3 Å². The minimum Gasteiger partial charge on any atom is -0.496 e. The van der Waals surface area contributed by atoms with E-state index in [1.165, 1.54) is 0 Å². The molecule has 0 radical (unpaired) electrons. The zero-order chi connectivity index (χ0) is 11.7. The van der Waals surface area contributed by atoms with Crippen molar-refractivity contribution >= 4 is 0 Å². The van der Waals surface area contributed by atoms with Crippen LogP contribution < -0.4 is 19.5 Å². The van der Waals surface area contributed by atoms with Crippen LogP contribution in [0.4, 0.5) is 0 Å². The summed E-state index contributed by atoms with van der Waals surface area (Å²) in [7, 11) is 1.65. The number of nitrogens with one attached hydrogen (secondary N) is 1. The van der Waals surface area contributed by atoms with Gasteiger partial charge < -0.3 is 24.3 Å². The molecule has 5 heteroatoms. The van der Waals surface area contributed by atoms with Crippen LogP contribution in [0.1, 0.15) is 11.7 Å². The average molecular weight is 237 g/mol. The molecule has 2 heterocycles. The van der Waals surface area contributed by atoms with Crippen molar-refractivity contribution in [2.75, 3.05) is 33.6 Å². The van der Waals surface area contributed by atoms with E-state index in [2.05, 4.69) is 5.32 Å². The SMILES string of the molecule is COc1ccc2c(c1C1CNCCO1)OCO2. The molecular weight excluding hydrogens is 222 g/mol. The van der Waals surface area contributed by atoms with E-state index in [1.54, 1.807) is 7.11 Å². The number of methoxy groups -OCH3 is 1. The van der Waals surface area contributed by atoms with Crippen molar-refractivity contribution < 1.29 is 18.9 Å². The van der Waals surface area contributed by atoms with Crippen LogP contribution in [0.3, 0.4) is 0 Å². The van der Waals surface area contributed by atoms with Crippen LogP contribution in [-0.4, -0.2) is 33.6 Å². The van der Waals surface area contributed by atoms with Crippen molar-refractivity contribution in [1.82, 2.24) is 5.32 Å². The van der Waals surface area contributed by atoms with Gasteiger partial charge in [0.25, 0.3) is 0 Å². The quantitative estimate of drug-likeness (QED) is 0.834. The number of morpholine rings is 1. The molecule has 17 heavy (non-hydrogen) atoms. The Morgan fingerprint density at radius 2 is 2.29 bits per heavy atom. The van der Waals surface area contributed by atoms with E-state index in [0.717, 1.165) is 35.9 Å². The van der Waals surface area contributed by atoms with Crippen molar-refractivity contribution in [3.8, 4) is 17.2 Å². The molecule has 92 valence electrons. The molecule has 1 atom stereocenters. The number of rotatable bonds is 2. The van der Waals surface area contributed by atoms with Crippen molar-refractivity contribution in [3.63, 3.8) is 0 Å². The Morgan fingerprint density at radius 1 is 1.35 bits per heavy atom. The molecule has 2 aliphatic rings. The topological polar surface area (TPSA) is 49.0 Å². The van der Waals surface area contributed by atoms with Gasteiger partial charge in [-0.25, -0.2) is 0 Å². The lowest BCUT2D eigenvalue weighted by Crippen LogP contribution is -2.33. The fourth-order valence-electron chi connectivity index (χ4n) is 2.21. The first-order valence-electron chi connectivity index (χ1n) is 5.69. The lowest BCUT2D eigenvalue weighted by atomic mass is 10.0. The van der Waals surface area contributed by atoms with E-state index >= 15 is 0 Å². The summed E-state index contributed by atoms with van der Waals surface area (Å²) in [5, 5.41) is 3.30. The highest BCUT2D eigenvalue weighted by atomic mass is 16.7. The Hall–Kier alpha value is -1.46. The maximum Gasteiger partial charge on any atom is 0.231 e. The molecule has 1 aromatic rings. The number of benzene rings is 1. The van der Waals surface area contributed by atoms with Gasteiger partial charge >= 0.3 is 0 Å². The first-order chi connectivity index (χ1) is 8.40. The van der Waals surface area contributed by atoms with Crippen LogP contribution in [0, 0.1) is 0 Å². The Labute approximate surface area is 99.6 Å². The van der Waals surface area contributed by atoms with Gasteiger partial charge in [0.15, 0.2) is 11.5 Å². The van der Waals surface area contributed by atoms with E-state index in [9.17, 15) is 0 Å². The van der Waals surface area contributed by atoms with Crippen LogP contribution in [0.25, 0.3) is 0 Å². The molecule has 0 bridgehead atoms. The predicted molar refractivity (Wildman–Crippen MR) is 60.7 cm³/mol. The monoisotopic (exact) mass is 237 g/mol. The van der Waals surface area contributed by atoms with E-state index in [-0.39, 0.29) is 12.9 Å². The second-order valence-electron chi connectivity index (χ2n) is 3.98. The third-order valence-electron chi connectivity index (χ3n) is 3.01. The summed E-state index contributed by atoms with van der Waals surface area (Å²) in [5.41, 5.74) is 0.940. The van der Waals surface area contributed by atoms with Crippen LogP contribution in [0.15, 0.2) is 12.1 Å². The lowest BCUT2D eigenvalue weighted by molar-refractivity contribution is 0.0245. The molecule has 0 spiro atoms. The van der Waals surface area contributed by atoms with Gasteiger partial charge in [-0.2, -0.15) is 0 Å². The Morgan fingerprint density at radius 3 is 3.06 bits per heavy atom. The standard InChI is InChI=1S/C12H15NO4/c1-14-8-2-3-9-12(17-7-16-9)11(8)10-6-13-4-5-15-10/h2-3,10,13H,4-7H2,1H3. The summed E-state index contributed by atoms with van der Waals surface area (Å²) in [6.07, 6.45) is -0.0460. The largest absolute Gasteiger partial charge is 0.496 e. The number of fused-ring (bicyclic) bond motifs is 1. The molecule has 3 rings (SSSR count). The maximum atomic E-state index is 5.75. The van der Waals surface area contributed by atoms with Gasteiger partial charge in [-0.15, -0.1) is 0 Å². The molecule has 1 saturated heterocycles. The number of hydrogen-bond donors (Lipinski definition) is 1. The summed E-state index contributed by atoms with van der Waals surface area (Å²) in [6.45, 7) is 2.59. The van der Waals surface area contributed by atoms with Crippen molar-refractivity contribution in [2.45, 2.75) is 6.10 Å². The minimum absolute atomic E-state index is 0.0460. The smallest absolute Gasteiger partial charge is 0.231 e. The van der Waals surface area contributed by atoms with Crippen LogP contribution >= 0.6 is 0 Å². The summed E-state index contributed by atoms with van der Waals surface area (Å²) >= 11 is 0.